The summed E-state index contributed by atoms with van der Waals surface area (Å²) in [6.07, 6.45) is 1.80. The summed E-state index contributed by atoms with van der Waals surface area (Å²) in [4.78, 5) is 0. The van der Waals surface area contributed by atoms with Gasteiger partial charge in [-0.1, -0.05) is 24.3 Å². The fraction of sp³-hybridized carbons (Fsp3) is 0.600. The molecule has 1 rings (SSSR count). The summed E-state index contributed by atoms with van der Waals surface area (Å²) in [5.74, 6) is 0.272. The molecule has 0 amide bonds. The molecule has 102 valence electrons. The van der Waals surface area contributed by atoms with E-state index in [0.717, 1.165) is 12.8 Å². The molecule has 0 saturated heterocycles. The van der Waals surface area contributed by atoms with Gasteiger partial charge < -0.3 is 14.6 Å². The minimum Gasteiger partial charge on any atom is -0.396 e. The van der Waals surface area contributed by atoms with E-state index in [2.05, 4.69) is 19.1 Å². The van der Waals surface area contributed by atoms with Crippen LogP contribution in [-0.2, 0) is 15.9 Å². The average molecular weight is 252 g/mol. The first-order valence-electron chi connectivity index (χ1n) is 6.50. The molecule has 0 heterocycles. The average Bonchev–Trinajstić information content (AvgIpc) is 2.39. The molecule has 1 unspecified atom stereocenters. The largest absolute Gasteiger partial charge is 0.396 e. The van der Waals surface area contributed by atoms with Crippen molar-refractivity contribution in [2.75, 3.05) is 33.5 Å². The van der Waals surface area contributed by atoms with Gasteiger partial charge in [0, 0.05) is 20.3 Å². The van der Waals surface area contributed by atoms with Crippen molar-refractivity contribution in [3.05, 3.63) is 35.4 Å². The smallest absolute Gasteiger partial charge is 0.0700 e. The zero-order valence-corrected chi connectivity index (χ0v) is 11.4. The van der Waals surface area contributed by atoms with Gasteiger partial charge in [0.25, 0.3) is 0 Å². The number of hydrogen-bond donors (Lipinski definition) is 1. The normalized spacial score (nSPS) is 12.6. The van der Waals surface area contributed by atoms with Crippen LogP contribution in [0.1, 0.15) is 17.5 Å². The SMILES string of the molecule is COCCOCCC(CO)Cc1ccccc1C. The molecule has 0 bridgehead atoms. The first-order chi connectivity index (χ1) is 8.77. The number of aliphatic hydroxyl groups excluding tert-OH is 1. The third-order valence-electron chi connectivity index (χ3n) is 3.13. The zero-order chi connectivity index (χ0) is 13.2. The molecular weight excluding hydrogens is 228 g/mol. The van der Waals surface area contributed by atoms with Gasteiger partial charge in [-0.05, 0) is 36.8 Å². The number of aryl methyl sites for hydroxylation is 1. The molecule has 0 radical (unpaired) electrons. The summed E-state index contributed by atoms with van der Waals surface area (Å²) in [5.41, 5.74) is 2.60. The summed E-state index contributed by atoms with van der Waals surface area (Å²) in [6, 6.07) is 8.33. The van der Waals surface area contributed by atoms with Crippen molar-refractivity contribution in [1.82, 2.24) is 0 Å². The lowest BCUT2D eigenvalue weighted by molar-refractivity contribution is 0.0588. The Bertz CT molecular complexity index is 325. The highest BCUT2D eigenvalue weighted by atomic mass is 16.5. The summed E-state index contributed by atoms with van der Waals surface area (Å²) in [7, 11) is 1.66. The summed E-state index contributed by atoms with van der Waals surface area (Å²) in [5, 5.41) is 9.40. The Morgan fingerprint density at radius 2 is 1.94 bits per heavy atom. The Labute approximate surface area is 110 Å². The van der Waals surface area contributed by atoms with E-state index in [9.17, 15) is 5.11 Å². The second kappa shape index (κ2) is 9.09. The van der Waals surface area contributed by atoms with Crippen LogP contribution in [0.5, 0.6) is 0 Å². The molecule has 0 aliphatic rings. The van der Waals surface area contributed by atoms with Gasteiger partial charge in [0.1, 0.15) is 0 Å². The lowest BCUT2D eigenvalue weighted by atomic mass is 9.94. The number of aliphatic hydroxyl groups is 1. The molecule has 0 aliphatic heterocycles. The minimum absolute atomic E-state index is 0.210. The Balaban J connectivity index is 2.31. The van der Waals surface area contributed by atoms with Crippen molar-refractivity contribution in [1.29, 1.82) is 0 Å². The molecule has 0 aliphatic carbocycles. The van der Waals surface area contributed by atoms with Crippen LogP contribution >= 0.6 is 0 Å². The van der Waals surface area contributed by atoms with E-state index in [-0.39, 0.29) is 12.5 Å². The molecule has 1 aromatic rings. The number of ether oxygens (including phenoxy) is 2. The van der Waals surface area contributed by atoms with E-state index in [1.54, 1.807) is 7.11 Å². The highest BCUT2D eigenvalue weighted by molar-refractivity contribution is 5.25. The number of rotatable bonds is 9. The Hall–Kier alpha value is -0.900. The van der Waals surface area contributed by atoms with Crippen molar-refractivity contribution in [3.8, 4) is 0 Å². The van der Waals surface area contributed by atoms with Crippen LogP contribution in [0.15, 0.2) is 24.3 Å². The van der Waals surface area contributed by atoms with E-state index in [4.69, 9.17) is 9.47 Å². The van der Waals surface area contributed by atoms with Crippen LogP contribution in [0.3, 0.4) is 0 Å². The van der Waals surface area contributed by atoms with Crippen LogP contribution < -0.4 is 0 Å². The minimum atomic E-state index is 0.210. The first kappa shape index (κ1) is 15.2. The molecule has 0 spiro atoms. The maximum Gasteiger partial charge on any atom is 0.0700 e. The van der Waals surface area contributed by atoms with Gasteiger partial charge in [-0.15, -0.1) is 0 Å². The van der Waals surface area contributed by atoms with Gasteiger partial charge in [-0.3, -0.25) is 0 Å². The van der Waals surface area contributed by atoms with Crippen LogP contribution in [0.4, 0.5) is 0 Å². The van der Waals surface area contributed by atoms with Crippen LogP contribution in [0, 0.1) is 12.8 Å². The standard InChI is InChI=1S/C15H24O3/c1-13-5-3-4-6-15(13)11-14(12-16)7-8-18-10-9-17-2/h3-6,14,16H,7-12H2,1-2H3. The lowest BCUT2D eigenvalue weighted by Crippen LogP contribution is -2.14. The van der Waals surface area contributed by atoms with Crippen LogP contribution in [0.25, 0.3) is 0 Å². The Morgan fingerprint density at radius 1 is 1.17 bits per heavy atom. The summed E-state index contributed by atoms with van der Waals surface area (Å²) in [6.45, 7) is 4.25. The van der Waals surface area contributed by atoms with Crippen molar-refractivity contribution in [3.63, 3.8) is 0 Å². The van der Waals surface area contributed by atoms with E-state index >= 15 is 0 Å². The number of benzene rings is 1. The van der Waals surface area contributed by atoms with Gasteiger partial charge >= 0.3 is 0 Å². The molecule has 1 N–H and O–H groups in total. The van der Waals surface area contributed by atoms with Crippen LogP contribution in [-0.4, -0.2) is 38.6 Å². The third-order valence-corrected chi connectivity index (χ3v) is 3.13. The second-order valence-electron chi connectivity index (χ2n) is 4.57. The quantitative estimate of drug-likeness (QED) is 0.685. The second-order valence-corrected chi connectivity index (χ2v) is 4.57. The topological polar surface area (TPSA) is 38.7 Å². The van der Waals surface area contributed by atoms with E-state index in [0.29, 0.717) is 19.8 Å². The lowest BCUT2D eigenvalue weighted by Gasteiger charge is -2.15. The van der Waals surface area contributed by atoms with Crippen molar-refractivity contribution in [2.45, 2.75) is 19.8 Å². The molecule has 0 saturated carbocycles. The van der Waals surface area contributed by atoms with Gasteiger partial charge in [-0.2, -0.15) is 0 Å². The predicted molar refractivity (Wildman–Crippen MR) is 72.8 cm³/mol. The molecule has 3 heteroatoms. The maximum absolute atomic E-state index is 9.40. The van der Waals surface area contributed by atoms with E-state index in [1.807, 2.05) is 12.1 Å². The van der Waals surface area contributed by atoms with Gasteiger partial charge in [0.2, 0.25) is 0 Å². The van der Waals surface area contributed by atoms with Crippen molar-refractivity contribution in [2.24, 2.45) is 5.92 Å². The summed E-state index contributed by atoms with van der Waals surface area (Å²) < 4.78 is 10.4. The maximum atomic E-state index is 9.40. The van der Waals surface area contributed by atoms with E-state index < -0.39 is 0 Å². The van der Waals surface area contributed by atoms with Crippen molar-refractivity contribution >= 4 is 0 Å². The van der Waals surface area contributed by atoms with Gasteiger partial charge in [0.15, 0.2) is 0 Å². The molecule has 0 aromatic heterocycles. The monoisotopic (exact) mass is 252 g/mol. The van der Waals surface area contributed by atoms with Crippen molar-refractivity contribution < 1.29 is 14.6 Å². The fourth-order valence-corrected chi connectivity index (χ4v) is 1.90. The molecular formula is C15H24O3. The first-order valence-corrected chi connectivity index (χ1v) is 6.50. The van der Waals surface area contributed by atoms with Gasteiger partial charge in [-0.25, -0.2) is 0 Å². The highest BCUT2D eigenvalue weighted by Gasteiger charge is 2.09. The van der Waals surface area contributed by atoms with Crippen LogP contribution in [0.2, 0.25) is 0 Å². The molecule has 1 atom stereocenters. The highest BCUT2D eigenvalue weighted by Crippen LogP contribution is 2.15. The molecule has 1 aromatic carbocycles. The number of hydrogen-bond acceptors (Lipinski definition) is 3. The third kappa shape index (κ3) is 5.63. The molecule has 0 fully saturated rings. The molecule has 3 nitrogen and oxygen atoms in total. The fourth-order valence-electron chi connectivity index (χ4n) is 1.90. The Kier molecular flexibility index (Phi) is 7.65. The van der Waals surface area contributed by atoms with E-state index in [1.165, 1.54) is 11.1 Å². The summed E-state index contributed by atoms with van der Waals surface area (Å²) >= 11 is 0. The zero-order valence-electron chi connectivity index (χ0n) is 11.4. The molecule has 18 heavy (non-hydrogen) atoms. The predicted octanol–water partition coefficient (Wildman–Crippen LogP) is 2.20. The Morgan fingerprint density at radius 3 is 2.61 bits per heavy atom. The number of methoxy groups -OCH3 is 1. The van der Waals surface area contributed by atoms with Gasteiger partial charge in [0.05, 0.1) is 13.2 Å².